The molecule has 0 fully saturated rings. The predicted octanol–water partition coefficient (Wildman–Crippen LogP) is 4.51. The summed E-state index contributed by atoms with van der Waals surface area (Å²) in [6, 6.07) is 16.3. The Labute approximate surface area is 136 Å². The van der Waals surface area contributed by atoms with Gasteiger partial charge in [-0.15, -0.1) is 0 Å². The Morgan fingerprint density at radius 2 is 1.86 bits per heavy atom. The molecule has 5 heteroatoms. The molecule has 2 atom stereocenters. The molecule has 1 aromatic heterocycles. The van der Waals surface area contributed by atoms with E-state index >= 15 is 0 Å². The Balaban J connectivity index is 1.94. The van der Waals surface area contributed by atoms with Crippen LogP contribution in [0.1, 0.15) is 17.7 Å². The van der Waals surface area contributed by atoms with Gasteiger partial charge in [0.25, 0.3) is 0 Å². The molecule has 0 spiro atoms. The number of rotatable bonds is 4. The third-order valence-electron chi connectivity index (χ3n) is 3.30. The van der Waals surface area contributed by atoms with Gasteiger partial charge in [-0.3, -0.25) is 0 Å². The first-order valence-electron chi connectivity index (χ1n) is 6.76. The molecular weight excluding hydrogens is 346 g/mol. The van der Waals surface area contributed by atoms with Crippen molar-refractivity contribution in [2.75, 3.05) is 0 Å². The van der Waals surface area contributed by atoms with Gasteiger partial charge in [-0.25, -0.2) is 4.98 Å². The third-order valence-corrected chi connectivity index (χ3v) is 5.37. The van der Waals surface area contributed by atoms with Crippen LogP contribution in [0.2, 0.25) is 0 Å². The summed E-state index contributed by atoms with van der Waals surface area (Å²) in [5.74, 6) is 0. The Morgan fingerprint density at radius 3 is 2.57 bits per heavy atom. The van der Waals surface area contributed by atoms with E-state index in [1.165, 1.54) is 5.56 Å². The Hall–Kier alpha value is -1.30. The lowest BCUT2D eigenvalue weighted by Gasteiger charge is -2.20. The zero-order chi connectivity index (χ0) is 14.8. The lowest BCUT2D eigenvalue weighted by atomic mass is 10.1. The first-order valence-corrected chi connectivity index (χ1v) is 8.44. The molecular formula is C16H16BrN3S. The second-order valence-electron chi connectivity index (χ2n) is 4.98. The van der Waals surface area contributed by atoms with Crippen molar-refractivity contribution in [3.63, 3.8) is 0 Å². The molecule has 3 N–H and O–H groups in total. The molecule has 0 amide bonds. The topological polar surface area (TPSA) is 54.7 Å². The van der Waals surface area contributed by atoms with Crippen molar-refractivity contribution in [3.05, 3.63) is 58.6 Å². The SMILES string of the molecule is CC(N)C(Sc1nc2ccccc2[nH]1)c1ccccc1Br. The van der Waals surface area contributed by atoms with E-state index < -0.39 is 0 Å². The Kier molecular flexibility index (Phi) is 4.33. The Morgan fingerprint density at radius 1 is 1.14 bits per heavy atom. The first kappa shape index (κ1) is 14.6. The van der Waals surface area contributed by atoms with Gasteiger partial charge in [0.05, 0.1) is 16.3 Å². The number of halogens is 1. The highest BCUT2D eigenvalue weighted by atomic mass is 79.9. The van der Waals surface area contributed by atoms with Gasteiger partial charge in [-0.2, -0.15) is 0 Å². The Bertz CT molecular complexity index is 721. The minimum Gasteiger partial charge on any atom is -0.333 e. The molecule has 0 aliphatic rings. The van der Waals surface area contributed by atoms with Crippen LogP contribution in [-0.2, 0) is 0 Å². The number of hydrogen-bond acceptors (Lipinski definition) is 3. The number of nitrogens with zero attached hydrogens (tertiary/aromatic N) is 1. The van der Waals surface area contributed by atoms with E-state index in [0.29, 0.717) is 0 Å². The monoisotopic (exact) mass is 361 g/mol. The molecule has 3 aromatic rings. The summed E-state index contributed by atoms with van der Waals surface area (Å²) in [6.45, 7) is 2.03. The van der Waals surface area contributed by atoms with Gasteiger partial charge in [0.2, 0.25) is 0 Å². The van der Waals surface area contributed by atoms with Crippen molar-refractivity contribution in [2.24, 2.45) is 5.73 Å². The second kappa shape index (κ2) is 6.22. The minimum atomic E-state index is 0.0157. The predicted molar refractivity (Wildman–Crippen MR) is 92.5 cm³/mol. The third kappa shape index (κ3) is 3.15. The molecule has 0 aliphatic heterocycles. The van der Waals surface area contributed by atoms with Gasteiger partial charge >= 0.3 is 0 Å². The molecule has 0 saturated heterocycles. The highest BCUT2D eigenvalue weighted by Gasteiger charge is 2.21. The lowest BCUT2D eigenvalue weighted by molar-refractivity contribution is 0.717. The van der Waals surface area contributed by atoms with Crippen LogP contribution in [0, 0.1) is 0 Å². The van der Waals surface area contributed by atoms with E-state index in [-0.39, 0.29) is 11.3 Å². The number of imidazole rings is 1. The van der Waals surface area contributed by atoms with E-state index in [9.17, 15) is 0 Å². The summed E-state index contributed by atoms with van der Waals surface area (Å²) in [6.07, 6.45) is 0. The normalized spacial score (nSPS) is 14.2. The number of para-hydroxylation sites is 2. The van der Waals surface area contributed by atoms with Gasteiger partial charge in [-0.1, -0.05) is 58.0 Å². The molecule has 0 radical (unpaired) electrons. The highest BCUT2D eigenvalue weighted by molar-refractivity contribution is 9.10. The summed E-state index contributed by atoms with van der Waals surface area (Å²) in [4.78, 5) is 7.98. The van der Waals surface area contributed by atoms with E-state index in [1.807, 2.05) is 49.4 Å². The number of fused-ring (bicyclic) bond motifs is 1. The molecule has 0 saturated carbocycles. The van der Waals surface area contributed by atoms with Crippen LogP contribution in [0.4, 0.5) is 0 Å². The number of benzene rings is 2. The van der Waals surface area contributed by atoms with Crippen LogP contribution in [-0.4, -0.2) is 16.0 Å². The van der Waals surface area contributed by atoms with Crippen LogP contribution < -0.4 is 5.73 Å². The number of aromatic nitrogens is 2. The maximum absolute atomic E-state index is 6.20. The molecule has 3 nitrogen and oxygen atoms in total. The van der Waals surface area contributed by atoms with E-state index in [0.717, 1.165) is 20.7 Å². The van der Waals surface area contributed by atoms with Crippen molar-refractivity contribution >= 4 is 38.7 Å². The average molecular weight is 362 g/mol. The fraction of sp³-hybridized carbons (Fsp3) is 0.188. The maximum atomic E-state index is 6.20. The molecule has 2 unspecified atom stereocenters. The lowest BCUT2D eigenvalue weighted by Crippen LogP contribution is -2.23. The standard InChI is InChI=1S/C16H16BrN3S/c1-10(18)15(11-6-2-3-7-12(11)17)21-16-19-13-8-4-5-9-14(13)20-16/h2-10,15H,18H2,1H3,(H,19,20). The van der Waals surface area contributed by atoms with Gasteiger partial charge in [0.1, 0.15) is 0 Å². The number of aromatic amines is 1. The smallest absolute Gasteiger partial charge is 0.167 e. The molecule has 0 aliphatic carbocycles. The molecule has 21 heavy (non-hydrogen) atoms. The molecule has 2 aromatic carbocycles. The second-order valence-corrected chi connectivity index (χ2v) is 6.96. The number of hydrogen-bond donors (Lipinski definition) is 2. The van der Waals surface area contributed by atoms with Crippen LogP contribution >= 0.6 is 27.7 Å². The summed E-state index contributed by atoms with van der Waals surface area (Å²) in [7, 11) is 0. The van der Waals surface area contributed by atoms with Gasteiger partial charge in [-0.05, 0) is 30.7 Å². The first-order chi connectivity index (χ1) is 10.1. The molecule has 0 bridgehead atoms. The van der Waals surface area contributed by atoms with Crippen LogP contribution in [0.3, 0.4) is 0 Å². The van der Waals surface area contributed by atoms with Crippen molar-refractivity contribution in [1.29, 1.82) is 0 Å². The van der Waals surface area contributed by atoms with E-state index in [4.69, 9.17) is 5.73 Å². The largest absolute Gasteiger partial charge is 0.333 e. The van der Waals surface area contributed by atoms with Gasteiger partial charge < -0.3 is 10.7 Å². The minimum absolute atomic E-state index is 0.0157. The number of nitrogens with two attached hydrogens (primary N) is 1. The van der Waals surface area contributed by atoms with Crippen molar-refractivity contribution in [1.82, 2.24) is 9.97 Å². The zero-order valence-corrected chi connectivity index (χ0v) is 14.0. The summed E-state index contributed by atoms with van der Waals surface area (Å²) in [5.41, 5.74) is 9.42. The van der Waals surface area contributed by atoms with E-state index in [2.05, 4.69) is 32.0 Å². The van der Waals surface area contributed by atoms with Gasteiger partial charge in [0.15, 0.2) is 5.16 Å². The van der Waals surface area contributed by atoms with Crippen LogP contribution in [0.5, 0.6) is 0 Å². The molecule has 108 valence electrons. The summed E-state index contributed by atoms with van der Waals surface area (Å²) >= 11 is 5.28. The van der Waals surface area contributed by atoms with Gasteiger partial charge in [0, 0.05) is 10.5 Å². The van der Waals surface area contributed by atoms with Crippen molar-refractivity contribution in [2.45, 2.75) is 23.4 Å². The summed E-state index contributed by atoms with van der Waals surface area (Å²) in [5, 5.41) is 1.04. The fourth-order valence-corrected chi connectivity index (χ4v) is 4.06. The highest BCUT2D eigenvalue weighted by Crippen LogP contribution is 2.39. The molecule has 1 heterocycles. The summed E-state index contributed by atoms with van der Waals surface area (Å²) < 4.78 is 1.08. The van der Waals surface area contributed by atoms with Crippen molar-refractivity contribution in [3.8, 4) is 0 Å². The van der Waals surface area contributed by atoms with Crippen LogP contribution in [0.15, 0.2) is 58.2 Å². The van der Waals surface area contributed by atoms with Crippen molar-refractivity contribution < 1.29 is 0 Å². The number of thioether (sulfide) groups is 1. The zero-order valence-electron chi connectivity index (χ0n) is 11.6. The van der Waals surface area contributed by atoms with Crippen LogP contribution in [0.25, 0.3) is 11.0 Å². The number of nitrogens with one attached hydrogen (secondary N) is 1. The maximum Gasteiger partial charge on any atom is 0.167 e. The number of H-pyrrole nitrogens is 1. The fourth-order valence-electron chi connectivity index (χ4n) is 2.27. The molecule has 3 rings (SSSR count). The quantitative estimate of drug-likeness (QED) is 0.672. The average Bonchev–Trinajstić information content (AvgIpc) is 2.88. The van der Waals surface area contributed by atoms with E-state index in [1.54, 1.807) is 11.8 Å².